The first-order valence-corrected chi connectivity index (χ1v) is 7.09. The molecule has 0 radical (unpaired) electrons. The largest absolute Gasteiger partial charge is 0.364 e. The van der Waals surface area contributed by atoms with Gasteiger partial charge in [-0.25, -0.2) is 0 Å². The van der Waals surface area contributed by atoms with Gasteiger partial charge in [-0.3, -0.25) is 4.79 Å². The van der Waals surface area contributed by atoms with Crippen molar-refractivity contribution in [2.24, 2.45) is 5.92 Å². The first kappa shape index (κ1) is 13.4. The highest BCUT2D eigenvalue weighted by atomic mass is 79.9. The number of anilines is 2. The van der Waals surface area contributed by atoms with Crippen molar-refractivity contribution in [3.8, 4) is 0 Å². The summed E-state index contributed by atoms with van der Waals surface area (Å²) in [5.41, 5.74) is 2.14. The summed E-state index contributed by atoms with van der Waals surface area (Å²) in [7, 11) is 1.96. The van der Waals surface area contributed by atoms with Gasteiger partial charge in [0.25, 0.3) is 0 Å². The van der Waals surface area contributed by atoms with Crippen LogP contribution in [0.2, 0.25) is 0 Å². The van der Waals surface area contributed by atoms with Gasteiger partial charge in [-0.2, -0.15) is 0 Å². The summed E-state index contributed by atoms with van der Waals surface area (Å²) < 4.78 is 1.01. The minimum absolute atomic E-state index is 0.184. The van der Waals surface area contributed by atoms with Gasteiger partial charge in [-0.15, -0.1) is 0 Å². The first-order chi connectivity index (χ1) is 8.49. The number of hydrogen-bond donors (Lipinski definition) is 0. The molecule has 3 nitrogen and oxygen atoms in total. The third kappa shape index (κ3) is 2.69. The first-order valence-electron chi connectivity index (χ1n) is 6.30. The van der Waals surface area contributed by atoms with E-state index in [2.05, 4.69) is 35.8 Å². The zero-order valence-electron chi connectivity index (χ0n) is 11.1. The normalized spacial score (nSPS) is 15.3. The smallest absolute Gasteiger partial charge is 0.246 e. The molecular formula is C14H19BrN2O. The highest BCUT2D eigenvalue weighted by molar-refractivity contribution is 9.10. The van der Waals surface area contributed by atoms with Crippen LogP contribution in [0.3, 0.4) is 0 Å². The maximum atomic E-state index is 12.2. The van der Waals surface area contributed by atoms with Crippen molar-refractivity contribution in [2.75, 3.05) is 29.9 Å². The standard InChI is InChI=1S/C14H19BrN2O/c1-10(2)6-7-17-13-8-11(15)4-5-12(13)16(3)9-14(17)18/h4-5,8,10H,6-7,9H2,1-3H3. The Labute approximate surface area is 117 Å². The van der Waals surface area contributed by atoms with Crippen LogP contribution in [0.15, 0.2) is 22.7 Å². The number of benzene rings is 1. The van der Waals surface area contributed by atoms with Gasteiger partial charge in [0.15, 0.2) is 0 Å². The number of carbonyl (C=O) groups is 1. The van der Waals surface area contributed by atoms with Crippen molar-refractivity contribution in [3.05, 3.63) is 22.7 Å². The average Bonchev–Trinajstić information content (AvgIpc) is 2.27. The summed E-state index contributed by atoms with van der Waals surface area (Å²) in [6.45, 7) is 5.63. The van der Waals surface area contributed by atoms with Gasteiger partial charge >= 0.3 is 0 Å². The molecule has 0 bridgehead atoms. The summed E-state index contributed by atoms with van der Waals surface area (Å²) >= 11 is 3.48. The van der Waals surface area contributed by atoms with E-state index in [0.29, 0.717) is 12.5 Å². The number of halogens is 1. The van der Waals surface area contributed by atoms with Crippen LogP contribution in [-0.2, 0) is 4.79 Å². The molecule has 1 aromatic carbocycles. The lowest BCUT2D eigenvalue weighted by molar-refractivity contribution is -0.117. The second-order valence-electron chi connectivity index (χ2n) is 5.22. The van der Waals surface area contributed by atoms with Crippen LogP contribution in [0, 0.1) is 5.92 Å². The lowest BCUT2D eigenvalue weighted by Crippen LogP contribution is -2.44. The molecule has 1 heterocycles. The van der Waals surface area contributed by atoms with Crippen molar-refractivity contribution in [3.63, 3.8) is 0 Å². The topological polar surface area (TPSA) is 23.6 Å². The Kier molecular flexibility index (Phi) is 3.95. The third-order valence-electron chi connectivity index (χ3n) is 3.24. The molecule has 4 heteroatoms. The van der Waals surface area contributed by atoms with Crippen molar-refractivity contribution < 1.29 is 4.79 Å². The number of fused-ring (bicyclic) bond motifs is 1. The molecule has 0 unspecified atom stereocenters. The van der Waals surface area contributed by atoms with Crippen LogP contribution in [-0.4, -0.2) is 26.0 Å². The molecule has 0 spiro atoms. The van der Waals surface area contributed by atoms with E-state index in [1.807, 2.05) is 29.0 Å². The molecule has 0 aromatic heterocycles. The molecule has 98 valence electrons. The van der Waals surface area contributed by atoms with Crippen molar-refractivity contribution >= 4 is 33.2 Å². The van der Waals surface area contributed by atoms with E-state index in [9.17, 15) is 4.79 Å². The molecule has 0 atom stereocenters. The quantitative estimate of drug-likeness (QED) is 0.855. The van der Waals surface area contributed by atoms with E-state index in [1.54, 1.807) is 0 Å². The lowest BCUT2D eigenvalue weighted by Gasteiger charge is -2.35. The number of amides is 1. The Bertz CT molecular complexity index is 459. The van der Waals surface area contributed by atoms with Crippen LogP contribution < -0.4 is 9.80 Å². The Morgan fingerprint density at radius 1 is 1.33 bits per heavy atom. The monoisotopic (exact) mass is 310 g/mol. The van der Waals surface area contributed by atoms with Crippen LogP contribution in [0.1, 0.15) is 20.3 Å². The maximum Gasteiger partial charge on any atom is 0.246 e. The number of rotatable bonds is 3. The highest BCUT2D eigenvalue weighted by Crippen LogP contribution is 2.35. The molecule has 1 aliphatic rings. The fourth-order valence-corrected chi connectivity index (χ4v) is 2.52. The lowest BCUT2D eigenvalue weighted by atomic mass is 10.1. The Morgan fingerprint density at radius 2 is 2.06 bits per heavy atom. The van der Waals surface area contributed by atoms with E-state index in [1.165, 1.54) is 0 Å². The van der Waals surface area contributed by atoms with Gasteiger partial charge < -0.3 is 9.80 Å². The molecule has 18 heavy (non-hydrogen) atoms. The molecule has 0 saturated heterocycles. The van der Waals surface area contributed by atoms with Crippen LogP contribution in [0.25, 0.3) is 0 Å². The minimum atomic E-state index is 0.184. The van der Waals surface area contributed by atoms with Crippen LogP contribution in [0.5, 0.6) is 0 Å². The molecule has 2 rings (SSSR count). The predicted octanol–water partition coefficient (Wildman–Crippen LogP) is 3.28. The fraction of sp³-hybridized carbons (Fsp3) is 0.500. The Morgan fingerprint density at radius 3 is 2.72 bits per heavy atom. The fourth-order valence-electron chi connectivity index (χ4n) is 2.18. The summed E-state index contributed by atoms with van der Waals surface area (Å²) in [6.07, 6.45) is 1.03. The summed E-state index contributed by atoms with van der Waals surface area (Å²) in [5.74, 6) is 0.789. The van der Waals surface area contributed by atoms with E-state index in [-0.39, 0.29) is 5.91 Å². The Balaban J connectivity index is 2.32. The molecular weight excluding hydrogens is 292 g/mol. The van der Waals surface area contributed by atoms with Gasteiger partial charge in [-0.05, 0) is 30.5 Å². The van der Waals surface area contributed by atoms with Gasteiger partial charge in [-0.1, -0.05) is 29.8 Å². The predicted molar refractivity (Wildman–Crippen MR) is 79.2 cm³/mol. The summed E-state index contributed by atoms with van der Waals surface area (Å²) in [4.78, 5) is 16.1. The number of nitrogens with zero attached hydrogens (tertiary/aromatic N) is 2. The van der Waals surface area contributed by atoms with Crippen molar-refractivity contribution in [1.82, 2.24) is 0 Å². The second-order valence-corrected chi connectivity index (χ2v) is 6.13. The minimum Gasteiger partial charge on any atom is -0.364 e. The van der Waals surface area contributed by atoms with E-state index >= 15 is 0 Å². The number of carbonyl (C=O) groups excluding carboxylic acids is 1. The zero-order valence-corrected chi connectivity index (χ0v) is 12.7. The summed E-state index contributed by atoms with van der Waals surface area (Å²) in [5, 5.41) is 0. The number of likely N-dealkylation sites (N-methyl/N-ethyl adjacent to an activating group) is 1. The molecule has 0 N–H and O–H groups in total. The maximum absolute atomic E-state index is 12.2. The molecule has 1 aromatic rings. The van der Waals surface area contributed by atoms with Crippen LogP contribution >= 0.6 is 15.9 Å². The van der Waals surface area contributed by atoms with Crippen molar-refractivity contribution in [2.45, 2.75) is 20.3 Å². The van der Waals surface area contributed by atoms with Gasteiger partial charge in [0.2, 0.25) is 5.91 Å². The van der Waals surface area contributed by atoms with E-state index in [0.717, 1.165) is 28.8 Å². The Hall–Kier alpha value is -1.03. The molecule has 0 fully saturated rings. The van der Waals surface area contributed by atoms with Crippen molar-refractivity contribution in [1.29, 1.82) is 0 Å². The van der Waals surface area contributed by atoms with Gasteiger partial charge in [0.1, 0.15) is 0 Å². The van der Waals surface area contributed by atoms with Gasteiger partial charge in [0, 0.05) is 18.1 Å². The summed E-state index contributed by atoms with van der Waals surface area (Å²) in [6, 6.07) is 6.11. The number of hydrogen-bond acceptors (Lipinski definition) is 2. The van der Waals surface area contributed by atoms with E-state index < -0.39 is 0 Å². The average molecular weight is 311 g/mol. The SMILES string of the molecule is CC(C)CCN1C(=O)CN(C)c2ccc(Br)cc21. The molecule has 0 saturated carbocycles. The second kappa shape index (κ2) is 5.31. The highest BCUT2D eigenvalue weighted by Gasteiger charge is 2.27. The zero-order chi connectivity index (χ0) is 13.3. The molecule has 1 amide bonds. The van der Waals surface area contributed by atoms with Gasteiger partial charge in [0.05, 0.1) is 17.9 Å². The molecule has 1 aliphatic heterocycles. The molecule has 0 aliphatic carbocycles. The van der Waals surface area contributed by atoms with Crippen LogP contribution in [0.4, 0.5) is 11.4 Å². The van der Waals surface area contributed by atoms with E-state index in [4.69, 9.17) is 0 Å². The third-order valence-corrected chi connectivity index (χ3v) is 3.74.